The summed E-state index contributed by atoms with van der Waals surface area (Å²) in [5, 5.41) is 0. The van der Waals surface area contributed by atoms with E-state index in [1.807, 2.05) is 0 Å². The van der Waals surface area contributed by atoms with Crippen molar-refractivity contribution in [2.45, 2.75) is 226 Å². The second-order valence-electron chi connectivity index (χ2n) is 12.4. The Balaban J connectivity index is 3.01. The van der Waals surface area contributed by atoms with E-state index in [0.29, 0.717) is 0 Å². The second kappa shape index (κ2) is 37.0. The van der Waals surface area contributed by atoms with Crippen LogP contribution in [0.2, 0.25) is 0 Å². The van der Waals surface area contributed by atoms with Crippen LogP contribution >= 0.6 is 0 Å². The highest BCUT2D eigenvalue weighted by molar-refractivity contribution is 4.55. The Morgan fingerprint density at radius 1 is 0.289 bits per heavy atom. The molecule has 0 aromatic heterocycles. The molecule has 0 spiro atoms. The van der Waals surface area contributed by atoms with Crippen LogP contribution in [0.25, 0.3) is 0 Å². The van der Waals surface area contributed by atoms with E-state index in [2.05, 4.69) is 20.5 Å². The predicted octanol–water partition coefficient (Wildman–Crippen LogP) is 14.1. The Labute approximate surface area is 243 Å². The summed E-state index contributed by atoms with van der Waals surface area (Å²) in [4.78, 5) is 0. The first kappa shape index (κ1) is 38.0. The van der Waals surface area contributed by atoms with Gasteiger partial charge in [-0.15, -0.1) is 0 Å². The lowest BCUT2D eigenvalue weighted by molar-refractivity contribution is 0.183. The van der Waals surface area contributed by atoms with Gasteiger partial charge in [-0.25, -0.2) is 0 Å². The molecule has 1 nitrogen and oxygen atoms in total. The van der Waals surface area contributed by atoms with Gasteiger partial charge in [0.2, 0.25) is 0 Å². The standard InChI is InChI=1S/C37H75O/c1-3-5-7-9-11-13-15-17-19-20-21-23-25-27-29-31-33-35-37-38-36-34-32-30-28-26-24-22-18-16-14-12-10-8-6-4-2/h37H,3-36H2,1-2H3. The summed E-state index contributed by atoms with van der Waals surface area (Å²) < 4.78 is 5.75. The first-order valence-electron chi connectivity index (χ1n) is 18.3. The third-order valence-corrected chi connectivity index (χ3v) is 8.41. The first-order chi connectivity index (χ1) is 18.9. The van der Waals surface area contributed by atoms with Gasteiger partial charge in [0.15, 0.2) is 0 Å². The molecule has 0 heterocycles. The molecule has 0 aliphatic rings. The molecule has 0 aliphatic heterocycles. The van der Waals surface area contributed by atoms with Crippen LogP contribution in [0.4, 0.5) is 0 Å². The van der Waals surface area contributed by atoms with Gasteiger partial charge in [0.25, 0.3) is 0 Å². The molecule has 0 atom stereocenters. The van der Waals surface area contributed by atoms with Crippen LogP contribution in [0, 0.1) is 6.61 Å². The zero-order valence-electron chi connectivity index (χ0n) is 27.0. The van der Waals surface area contributed by atoms with Crippen LogP contribution in [0.15, 0.2) is 0 Å². The van der Waals surface area contributed by atoms with Crippen LogP contribution in [-0.4, -0.2) is 6.61 Å². The molecule has 0 aromatic carbocycles. The van der Waals surface area contributed by atoms with Gasteiger partial charge in [-0.2, -0.15) is 0 Å². The monoisotopic (exact) mass is 536 g/mol. The van der Waals surface area contributed by atoms with E-state index in [9.17, 15) is 0 Å². The van der Waals surface area contributed by atoms with Gasteiger partial charge in [-0.3, -0.25) is 0 Å². The van der Waals surface area contributed by atoms with Crippen molar-refractivity contribution in [3.8, 4) is 0 Å². The van der Waals surface area contributed by atoms with Crippen molar-refractivity contribution in [1.29, 1.82) is 0 Å². The van der Waals surface area contributed by atoms with Gasteiger partial charge in [0.1, 0.15) is 0 Å². The van der Waals surface area contributed by atoms with Gasteiger partial charge >= 0.3 is 0 Å². The fraction of sp³-hybridized carbons (Fsp3) is 0.973. The topological polar surface area (TPSA) is 9.23 Å². The van der Waals surface area contributed by atoms with Crippen LogP contribution in [-0.2, 0) is 4.74 Å². The van der Waals surface area contributed by atoms with Gasteiger partial charge in [0.05, 0.1) is 6.61 Å². The molecule has 0 N–H and O–H groups in total. The molecule has 0 aliphatic carbocycles. The number of rotatable bonds is 35. The summed E-state index contributed by atoms with van der Waals surface area (Å²) in [5.41, 5.74) is 0. The van der Waals surface area contributed by atoms with E-state index < -0.39 is 0 Å². The van der Waals surface area contributed by atoms with Crippen LogP contribution in [0.1, 0.15) is 226 Å². The Morgan fingerprint density at radius 3 is 0.816 bits per heavy atom. The predicted molar refractivity (Wildman–Crippen MR) is 174 cm³/mol. The molecule has 0 aromatic rings. The molecule has 38 heavy (non-hydrogen) atoms. The largest absolute Gasteiger partial charge is 0.376 e. The summed E-state index contributed by atoms with van der Waals surface area (Å²) in [6, 6.07) is 0. The number of ether oxygens (including phenoxy) is 1. The fourth-order valence-electron chi connectivity index (χ4n) is 5.68. The van der Waals surface area contributed by atoms with Crippen molar-refractivity contribution in [2.24, 2.45) is 0 Å². The maximum Gasteiger partial charge on any atom is 0.0836 e. The molecular weight excluding hydrogens is 460 g/mol. The highest BCUT2D eigenvalue weighted by atomic mass is 16.5. The summed E-state index contributed by atoms with van der Waals surface area (Å²) in [6.07, 6.45) is 47.1. The van der Waals surface area contributed by atoms with E-state index in [-0.39, 0.29) is 0 Å². The summed E-state index contributed by atoms with van der Waals surface area (Å²) in [5.74, 6) is 0. The van der Waals surface area contributed by atoms with E-state index in [1.54, 1.807) is 0 Å². The molecular formula is C37H75O. The maximum absolute atomic E-state index is 5.75. The lowest BCUT2D eigenvalue weighted by Gasteiger charge is -2.05. The van der Waals surface area contributed by atoms with E-state index in [1.165, 1.54) is 205 Å². The van der Waals surface area contributed by atoms with Crippen LogP contribution in [0.5, 0.6) is 0 Å². The van der Waals surface area contributed by atoms with Crippen molar-refractivity contribution in [3.63, 3.8) is 0 Å². The lowest BCUT2D eigenvalue weighted by Crippen LogP contribution is -1.92. The molecule has 1 radical (unpaired) electrons. The summed E-state index contributed by atoms with van der Waals surface area (Å²) in [7, 11) is 0. The van der Waals surface area contributed by atoms with E-state index >= 15 is 0 Å². The molecule has 0 fully saturated rings. The highest BCUT2D eigenvalue weighted by Crippen LogP contribution is 2.16. The third kappa shape index (κ3) is 36.0. The second-order valence-corrected chi connectivity index (χ2v) is 12.4. The minimum Gasteiger partial charge on any atom is -0.376 e. The molecule has 0 saturated heterocycles. The third-order valence-electron chi connectivity index (χ3n) is 8.41. The lowest BCUT2D eigenvalue weighted by atomic mass is 10.0. The molecule has 0 unspecified atom stereocenters. The molecule has 0 rings (SSSR count). The number of hydrogen-bond acceptors (Lipinski definition) is 1. The van der Waals surface area contributed by atoms with Gasteiger partial charge < -0.3 is 4.74 Å². The summed E-state index contributed by atoms with van der Waals surface area (Å²) in [6.45, 7) is 7.64. The Morgan fingerprint density at radius 2 is 0.526 bits per heavy atom. The molecule has 229 valence electrons. The maximum atomic E-state index is 5.75. The van der Waals surface area contributed by atoms with Crippen molar-refractivity contribution in [2.75, 3.05) is 6.61 Å². The zero-order valence-corrected chi connectivity index (χ0v) is 27.0. The zero-order chi connectivity index (χ0) is 27.5. The Hall–Kier alpha value is -0.0400. The van der Waals surface area contributed by atoms with Gasteiger partial charge in [-0.05, 0) is 12.8 Å². The normalized spacial score (nSPS) is 11.5. The Kier molecular flexibility index (Phi) is 36.9. The van der Waals surface area contributed by atoms with Crippen molar-refractivity contribution in [1.82, 2.24) is 0 Å². The minimum absolute atomic E-state index is 0.942. The average molecular weight is 536 g/mol. The van der Waals surface area contributed by atoms with Crippen molar-refractivity contribution in [3.05, 3.63) is 6.61 Å². The molecule has 0 amide bonds. The SMILES string of the molecule is CCCCCCCCCCCCCCCCCCC[CH]OCCCCCCCCCCCCCCCCC. The van der Waals surface area contributed by atoms with Crippen molar-refractivity contribution >= 4 is 0 Å². The smallest absolute Gasteiger partial charge is 0.0836 e. The van der Waals surface area contributed by atoms with Gasteiger partial charge in [0, 0.05) is 6.61 Å². The Bertz CT molecular complexity index is 343. The first-order valence-corrected chi connectivity index (χ1v) is 18.3. The van der Waals surface area contributed by atoms with Gasteiger partial charge in [-0.1, -0.05) is 213 Å². The van der Waals surface area contributed by atoms with Crippen LogP contribution < -0.4 is 0 Å². The molecule has 1 heteroatoms. The molecule has 0 bridgehead atoms. The average Bonchev–Trinajstić information content (AvgIpc) is 2.93. The van der Waals surface area contributed by atoms with Crippen LogP contribution in [0.3, 0.4) is 0 Å². The minimum atomic E-state index is 0.942. The highest BCUT2D eigenvalue weighted by Gasteiger charge is 1.97. The van der Waals surface area contributed by atoms with E-state index in [4.69, 9.17) is 4.74 Å². The molecule has 0 saturated carbocycles. The number of unbranched alkanes of at least 4 members (excludes halogenated alkanes) is 31. The quantitative estimate of drug-likeness (QED) is 0.0733. The van der Waals surface area contributed by atoms with Crippen molar-refractivity contribution < 1.29 is 4.74 Å². The summed E-state index contributed by atoms with van der Waals surface area (Å²) >= 11 is 0. The fourth-order valence-corrected chi connectivity index (χ4v) is 5.68. The van der Waals surface area contributed by atoms with E-state index in [0.717, 1.165) is 13.0 Å². The number of hydrogen-bond donors (Lipinski definition) is 0.